The van der Waals surface area contributed by atoms with Crippen molar-refractivity contribution in [2.45, 2.75) is 59.9 Å². The van der Waals surface area contributed by atoms with Gasteiger partial charge in [0.05, 0.1) is 22.6 Å². The van der Waals surface area contributed by atoms with Crippen LogP contribution in [-0.4, -0.2) is 26.9 Å². The highest BCUT2D eigenvalue weighted by molar-refractivity contribution is 5.82. The summed E-state index contributed by atoms with van der Waals surface area (Å²) in [6.45, 7) is 11.1. The Hall–Kier alpha value is -2.95. The van der Waals surface area contributed by atoms with Gasteiger partial charge in [0.25, 0.3) is 5.56 Å². The number of carbonyl (C=O) groups is 1. The van der Waals surface area contributed by atoms with E-state index in [1.807, 2.05) is 68.1 Å². The van der Waals surface area contributed by atoms with Gasteiger partial charge in [-0.05, 0) is 75.3 Å². The first kappa shape index (κ1) is 22.3. The molecule has 0 radical (unpaired) electrons. The minimum absolute atomic E-state index is 0.0890. The molecule has 1 saturated carbocycles. The van der Waals surface area contributed by atoms with Gasteiger partial charge in [0.15, 0.2) is 0 Å². The van der Waals surface area contributed by atoms with Crippen LogP contribution in [-0.2, 0) is 4.79 Å². The summed E-state index contributed by atoms with van der Waals surface area (Å²) in [6.07, 6.45) is 2.83. The van der Waals surface area contributed by atoms with E-state index >= 15 is 0 Å². The van der Waals surface area contributed by atoms with Crippen molar-refractivity contribution in [3.8, 4) is 5.69 Å². The van der Waals surface area contributed by atoms with Crippen molar-refractivity contribution in [1.29, 1.82) is 0 Å². The fourth-order valence-corrected chi connectivity index (χ4v) is 4.22. The number of nitrogens with zero attached hydrogens (tertiary/aromatic N) is 3. The Morgan fingerprint density at radius 2 is 1.84 bits per heavy atom. The van der Waals surface area contributed by atoms with Crippen LogP contribution in [0.5, 0.6) is 0 Å². The van der Waals surface area contributed by atoms with Crippen molar-refractivity contribution in [2.24, 2.45) is 11.8 Å². The van der Waals surface area contributed by atoms with Gasteiger partial charge in [0.2, 0.25) is 5.91 Å². The molecule has 1 fully saturated rings. The van der Waals surface area contributed by atoms with E-state index in [1.165, 1.54) is 0 Å². The van der Waals surface area contributed by atoms with Crippen molar-refractivity contribution < 1.29 is 4.79 Å². The SMILES string of the molecule is Cc1ccc(C)c(-n2c(C(C)N(CCC(C)C)C(=O)C3CC3)nc3ccccc3c2=O)c1. The van der Waals surface area contributed by atoms with Crippen LogP contribution in [0.1, 0.15) is 63.0 Å². The Kier molecular flexibility index (Phi) is 6.18. The molecule has 32 heavy (non-hydrogen) atoms. The van der Waals surface area contributed by atoms with Crippen molar-refractivity contribution in [1.82, 2.24) is 14.5 Å². The summed E-state index contributed by atoms with van der Waals surface area (Å²) >= 11 is 0. The molecule has 0 spiro atoms. The molecule has 168 valence electrons. The Balaban J connectivity index is 1.92. The van der Waals surface area contributed by atoms with Gasteiger partial charge < -0.3 is 4.90 Å². The molecule has 5 heteroatoms. The third-order valence-electron chi connectivity index (χ3n) is 6.41. The lowest BCUT2D eigenvalue weighted by molar-refractivity contribution is -0.135. The Morgan fingerprint density at radius 1 is 1.12 bits per heavy atom. The topological polar surface area (TPSA) is 55.2 Å². The summed E-state index contributed by atoms with van der Waals surface area (Å²) in [5.74, 6) is 1.42. The summed E-state index contributed by atoms with van der Waals surface area (Å²) in [6, 6.07) is 13.3. The number of aromatic nitrogens is 2. The molecule has 0 aliphatic heterocycles. The fraction of sp³-hybridized carbons (Fsp3) is 0.444. The molecule has 1 aliphatic carbocycles. The molecule has 1 unspecified atom stereocenters. The summed E-state index contributed by atoms with van der Waals surface area (Å²) in [4.78, 5) is 33.9. The van der Waals surface area contributed by atoms with Crippen molar-refractivity contribution in [3.63, 3.8) is 0 Å². The maximum Gasteiger partial charge on any atom is 0.266 e. The molecular weight excluding hydrogens is 398 g/mol. The Labute approximate surface area is 190 Å². The van der Waals surface area contributed by atoms with E-state index in [-0.39, 0.29) is 23.4 Å². The second-order valence-corrected chi connectivity index (χ2v) is 9.58. The molecule has 1 aromatic heterocycles. The van der Waals surface area contributed by atoms with E-state index in [0.717, 1.165) is 36.1 Å². The highest BCUT2D eigenvalue weighted by Crippen LogP contribution is 2.34. The number of amides is 1. The average molecular weight is 432 g/mol. The molecule has 1 atom stereocenters. The first-order valence-electron chi connectivity index (χ1n) is 11.7. The molecule has 3 aromatic rings. The predicted octanol–water partition coefficient (Wildman–Crippen LogP) is 5.35. The zero-order chi connectivity index (χ0) is 23.0. The number of rotatable bonds is 7. The van der Waals surface area contributed by atoms with E-state index < -0.39 is 0 Å². The molecule has 0 N–H and O–H groups in total. The number of hydrogen-bond acceptors (Lipinski definition) is 3. The van der Waals surface area contributed by atoms with E-state index in [4.69, 9.17) is 4.98 Å². The third-order valence-corrected chi connectivity index (χ3v) is 6.41. The number of hydrogen-bond donors (Lipinski definition) is 0. The van der Waals surface area contributed by atoms with Gasteiger partial charge in [-0.3, -0.25) is 14.2 Å². The fourth-order valence-electron chi connectivity index (χ4n) is 4.22. The van der Waals surface area contributed by atoms with Crippen molar-refractivity contribution in [3.05, 3.63) is 69.8 Å². The molecular formula is C27H33N3O2. The number of aryl methyl sites for hydroxylation is 2. The maximum absolute atomic E-state index is 13.7. The molecule has 1 aliphatic rings. The number of para-hydroxylation sites is 1. The summed E-state index contributed by atoms with van der Waals surface area (Å²) < 4.78 is 1.73. The van der Waals surface area contributed by atoms with E-state index in [1.54, 1.807) is 4.57 Å². The van der Waals surface area contributed by atoms with Gasteiger partial charge in [-0.25, -0.2) is 4.98 Å². The standard InChI is InChI=1S/C27H33N3O2/c1-17(2)14-15-29(26(31)21-12-13-21)20(5)25-28-23-9-7-6-8-22(23)27(32)30(25)24-16-18(3)10-11-19(24)4/h6-11,16-17,20-21H,12-15H2,1-5H3. The quantitative estimate of drug-likeness (QED) is 0.507. The van der Waals surface area contributed by atoms with Crippen LogP contribution in [0.3, 0.4) is 0 Å². The van der Waals surface area contributed by atoms with Gasteiger partial charge in [0, 0.05) is 12.5 Å². The smallest absolute Gasteiger partial charge is 0.266 e. The van der Waals surface area contributed by atoms with Gasteiger partial charge in [-0.15, -0.1) is 0 Å². The molecule has 0 bridgehead atoms. The molecule has 5 nitrogen and oxygen atoms in total. The molecule has 1 heterocycles. The van der Waals surface area contributed by atoms with Gasteiger partial charge >= 0.3 is 0 Å². The number of fused-ring (bicyclic) bond motifs is 1. The number of benzene rings is 2. The van der Waals surface area contributed by atoms with Crippen LogP contribution in [0.25, 0.3) is 16.6 Å². The van der Waals surface area contributed by atoms with E-state index in [0.29, 0.717) is 29.2 Å². The lowest BCUT2D eigenvalue weighted by atomic mass is 10.1. The predicted molar refractivity (Wildman–Crippen MR) is 129 cm³/mol. The first-order valence-corrected chi connectivity index (χ1v) is 11.7. The monoisotopic (exact) mass is 431 g/mol. The zero-order valence-corrected chi connectivity index (χ0v) is 19.8. The van der Waals surface area contributed by atoms with Crippen LogP contribution in [0, 0.1) is 25.7 Å². The maximum atomic E-state index is 13.7. The van der Waals surface area contributed by atoms with Crippen LogP contribution in [0.2, 0.25) is 0 Å². The van der Waals surface area contributed by atoms with Crippen LogP contribution in [0.15, 0.2) is 47.3 Å². The second-order valence-electron chi connectivity index (χ2n) is 9.58. The Morgan fingerprint density at radius 3 is 2.53 bits per heavy atom. The van der Waals surface area contributed by atoms with Crippen LogP contribution < -0.4 is 5.56 Å². The minimum Gasteiger partial charge on any atom is -0.333 e. The highest BCUT2D eigenvalue weighted by Gasteiger charge is 2.37. The summed E-state index contributed by atoms with van der Waals surface area (Å²) in [7, 11) is 0. The summed E-state index contributed by atoms with van der Waals surface area (Å²) in [5, 5.41) is 0.589. The van der Waals surface area contributed by atoms with Crippen LogP contribution in [0.4, 0.5) is 0 Å². The van der Waals surface area contributed by atoms with Crippen LogP contribution >= 0.6 is 0 Å². The molecule has 1 amide bonds. The molecule has 0 saturated heterocycles. The second kappa shape index (κ2) is 8.89. The Bertz CT molecular complexity index is 1210. The lowest BCUT2D eigenvalue weighted by Gasteiger charge is -2.31. The molecule has 4 rings (SSSR count). The van der Waals surface area contributed by atoms with Gasteiger partial charge in [-0.1, -0.05) is 38.1 Å². The van der Waals surface area contributed by atoms with E-state index in [9.17, 15) is 9.59 Å². The minimum atomic E-state index is -0.306. The van der Waals surface area contributed by atoms with E-state index in [2.05, 4.69) is 13.8 Å². The van der Waals surface area contributed by atoms with Gasteiger partial charge in [0.1, 0.15) is 5.82 Å². The normalized spacial score (nSPS) is 14.7. The summed E-state index contributed by atoms with van der Waals surface area (Å²) in [5.41, 5.74) is 3.50. The van der Waals surface area contributed by atoms with Crippen molar-refractivity contribution >= 4 is 16.8 Å². The lowest BCUT2D eigenvalue weighted by Crippen LogP contribution is -2.39. The largest absolute Gasteiger partial charge is 0.333 e. The van der Waals surface area contributed by atoms with Crippen molar-refractivity contribution in [2.75, 3.05) is 6.54 Å². The highest BCUT2D eigenvalue weighted by atomic mass is 16.2. The molecule has 2 aromatic carbocycles. The first-order chi connectivity index (χ1) is 15.3. The third kappa shape index (κ3) is 4.34. The zero-order valence-electron chi connectivity index (χ0n) is 19.8. The van der Waals surface area contributed by atoms with Gasteiger partial charge in [-0.2, -0.15) is 0 Å². The average Bonchev–Trinajstić information content (AvgIpc) is 3.61. The number of carbonyl (C=O) groups excluding carboxylic acids is 1.